The quantitative estimate of drug-likeness (QED) is 0.508. The van der Waals surface area contributed by atoms with Gasteiger partial charge in [-0.3, -0.25) is 4.90 Å². The summed E-state index contributed by atoms with van der Waals surface area (Å²) in [7, 11) is 0. The molecule has 3 heterocycles. The number of alkyl halides is 6. The number of hydrogen-bond acceptors (Lipinski definition) is 8. The molecular weight excluding hydrogens is 548 g/mol. The molecule has 0 bridgehead atoms. The molecule has 38 heavy (non-hydrogen) atoms. The lowest BCUT2D eigenvalue weighted by molar-refractivity contribution is -0.193. The van der Waals surface area contributed by atoms with Crippen LogP contribution in [0.1, 0.15) is 23.5 Å². The Morgan fingerprint density at radius 2 is 1.76 bits per heavy atom. The zero-order chi connectivity index (χ0) is 28.5. The molecule has 1 aliphatic carbocycles. The Labute approximate surface area is 217 Å². The number of thiazole rings is 1. The lowest BCUT2D eigenvalue weighted by Crippen LogP contribution is -2.47. The van der Waals surface area contributed by atoms with Crippen molar-refractivity contribution in [2.24, 2.45) is 5.92 Å². The second-order valence-corrected chi connectivity index (χ2v) is 9.29. The number of aromatic nitrogens is 2. The summed E-state index contributed by atoms with van der Waals surface area (Å²) < 4.78 is 75.4. The second kappa shape index (κ2) is 13.7. The molecule has 16 heteroatoms. The number of halogens is 6. The maximum atomic E-state index is 10.6. The maximum Gasteiger partial charge on any atom is 0.490 e. The van der Waals surface area contributed by atoms with Crippen molar-refractivity contribution in [3.63, 3.8) is 0 Å². The largest absolute Gasteiger partial charge is 0.490 e. The SMILES string of the molecule is Cc1nc(CN2CCO[C@@H]3CC(COc4ccccn4)C[C@H]32)cs1.O=C(O)C(F)(F)F.O=C(O)C(F)(F)F. The number of fused-ring (bicyclic) bond motifs is 1. The minimum atomic E-state index is -5.08. The molecule has 2 aromatic heterocycles. The van der Waals surface area contributed by atoms with Crippen molar-refractivity contribution in [1.29, 1.82) is 0 Å². The molecule has 1 saturated heterocycles. The molecule has 2 aromatic rings. The number of aryl methyl sites for hydroxylation is 1. The molecule has 2 fully saturated rings. The fraction of sp³-hybridized carbons (Fsp3) is 0.545. The standard InChI is InChI=1S/C18H23N3O2S.2C2HF3O2/c1-13-20-15(12-24-13)10-21-6-7-22-17-9-14(8-16(17)21)11-23-18-4-2-3-5-19-18;2*3-2(4,5)1(6)7/h2-5,12,14,16-17H,6-11H2,1H3;2*(H,6,7)/t14?,16-,17-;;/m1../s1. The van der Waals surface area contributed by atoms with Gasteiger partial charge in [0.25, 0.3) is 0 Å². The molecular formula is C22H25F6N3O6S. The molecule has 3 atom stereocenters. The zero-order valence-electron chi connectivity index (χ0n) is 19.9. The third kappa shape index (κ3) is 10.4. The van der Waals surface area contributed by atoms with E-state index >= 15 is 0 Å². The van der Waals surface area contributed by atoms with Gasteiger partial charge in [0.1, 0.15) is 0 Å². The third-order valence-corrected chi connectivity index (χ3v) is 6.19. The molecule has 9 nitrogen and oxygen atoms in total. The normalized spacial score (nSPS) is 21.3. The first-order chi connectivity index (χ1) is 17.7. The first kappa shape index (κ1) is 31.2. The van der Waals surface area contributed by atoms with Gasteiger partial charge in [-0.05, 0) is 31.7 Å². The highest BCUT2D eigenvalue weighted by Gasteiger charge is 2.41. The summed E-state index contributed by atoms with van der Waals surface area (Å²) in [6.45, 7) is 5.53. The Kier molecular flexibility index (Phi) is 11.3. The van der Waals surface area contributed by atoms with E-state index in [1.807, 2.05) is 18.2 Å². The third-order valence-electron chi connectivity index (χ3n) is 5.37. The van der Waals surface area contributed by atoms with Gasteiger partial charge in [-0.2, -0.15) is 26.3 Å². The van der Waals surface area contributed by atoms with E-state index in [2.05, 4.69) is 27.2 Å². The van der Waals surface area contributed by atoms with Gasteiger partial charge in [-0.15, -0.1) is 11.3 Å². The number of carboxylic acids is 2. The Morgan fingerprint density at radius 3 is 2.26 bits per heavy atom. The number of carbonyl (C=O) groups is 2. The van der Waals surface area contributed by atoms with E-state index in [9.17, 15) is 26.3 Å². The van der Waals surface area contributed by atoms with Crippen molar-refractivity contribution in [2.45, 2.75) is 50.8 Å². The molecule has 212 valence electrons. The smallest absolute Gasteiger partial charge is 0.477 e. The predicted octanol–water partition coefficient (Wildman–Crippen LogP) is 4.17. The molecule has 1 aliphatic heterocycles. The van der Waals surface area contributed by atoms with Gasteiger partial charge in [0, 0.05) is 36.8 Å². The summed E-state index contributed by atoms with van der Waals surface area (Å²) in [4.78, 5) is 29.2. The van der Waals surface area contributed by atoms with Crippen LogP contribution in [0, 0.1) is 12.8 Å². The van der Waals surface area contributed by atoms with Crippen LogP contribution in [-0.2, 0) is 20.9 Å². The maximum absolute atomic E-state index is 10.6. The summed E-state index contributed by atoms with van der Waals surface area (Å²) >= 11 is 1.73. The molecule has 0 radical (unpaired) electrons. The Hall–Kier alpha value is -2.98. The van der Waals surface area contributed by atoms with Crippen molar-refractivity contribution in [2.75, 3.05) is 19.8 Å². The van der Waals surface area contributed by atoms with Gasteiger partial charge < -0.3 is 19.7 Å². The van der Waals surface area contributed by atoms with Crippen molar-refractivity contribution < 1.29 is 55.6 Å². The highest BCUT2D eigenvalue weighted by molar-refractivity contribution is 7.09. The molecule has 0 spiro atoms. The van der Waals surface area contributed by atoms with Gasteiger partial charge in [0.05, 0.1) is 30.0 Å². The molecule has 1 saturated carbocycles. The van der Waals surface area contributed by atoms with Gasteiger partial charge in [0.2, 0.25) is 5.88 Å². The molecule has 4 rings (SSSR count). The highest BCUT2D eigenvalue weighted by Crippen LogP contribution is 2.35. The average Bonchev–Trinajstić information content (AvgIpc) is 3.44. The molecule has 1 unspecified atom stereocenters. The Balaban J connectivity index is 0.000000301. The van der Waals surface area contributed by atoms with Crippen molar-refractivity contribution >= 4 is 23.3 Å². The van der Waals surface area contributed by atoms with Crippen molar-refractivity contribution in [1.82, 2.24) is 14.9 Å². The van der Waals surface area contributed by atoms with Crippen LogP contribution >= 0.6 is 11.3 Å². The number of rotatable bonds is 5. The molecule has 0 aromatic carbocycles. The van der Waals surface area contributed by atoms with E-state index in [1.54, 1.807) is 17.5 Å². The van der Waals surface area contributed by atoms with Gasteiger partial charge in [-0.25, -0.2) is 19.6 Å². The van der Waals surface area contributed by atoms with Crippen LogP contribution in [0.4, 0.5) is 26.3 Å². The van der Waals surface area contributed by atoms with Crippen LogP contribution in [-0.4, -0.2) is 81.3 Å². The van der Waals surface area contributed by atoms with E-state index in [1.165, 1.54) is 5.69 Å². The lowest BCUT2D eigenvalue weighted by atomic mass is 10.1. The Morgan fingerprint density at radius 1 is 1.13 bits per heavy atom. The minimum absolute atomic E-state index is 0.329. The van der Waals surface area contributed by atoms with Crippen LogP contribution in [0.25, 0.3) is 0 Å². The Bertz CT molecular complexity index is 1010. The monoisotopic (exact) mass is 573 g/mol. The van der Waals surface area contributed by atoms with Crippen molar-refractivity contribution in [3.05, 3.63) is 40.5 Å². The van der Waals surface area contributed by atoms with Crippen LogP contribution in [0.3, 0.4) is 0 Å². The second-order valence-electron chi connectivity index (χ2n) is 8.23. The van der Waals surface area contributed by atoms with Crippen LogP contribution in [0.15, 0.2) is 29.8 Å². The number of pyridine rings is 1. The average molecular weight is 574 g/mol. The van der Waals surface area contributed by atoms with Crippen LogP contribution in [0.5, 0.6) is 5.88 Å². The highest BCUT2D eigenvalue weighted by atomic mass is 32.1. The summed E-state index contributed by atoms with van der Waals surface area (Å²) in [5.41, 5.74) is 1.19. The van der Waals surface area contributed by atoms with Gasteiger partial charge >= 0.3 is 24.3 Å². The molecule has 0 amide bonds. The van der Waals surface area contributed by atoms with Gasteiger partial charge in [0.15, 0.2) is 0 Å². The number of hydrogen-bond donors (Lipinski definition) is 2. The fourth-order valence-electron chi connectivity index (χ4n) is 3.78. The topological polar surface area (TPSA) is 122 Å². The van der Waals surface area contributed by atoms with E-state index < -0.39 is 24.3 Å². The first-order valence-electron chi connectivity index (χ1n) is 11.1. The van der Waals surface area contributed by atoms with E-state index in [0.717, 1.165) is 44.2 Å². The summed E-state index contributed by atoms with van der Waals surface area (Å²) in [6, 6.07) is 6.26. The molecule has 2 aliphatic rings. The predicted molar refractivity (Wildman–Crippen MR) is 121 cm³/mol. The lowest BCUT2D eigenvalue weighted by Gasteiger charge is -2.37. The van der Waals surface area contributed by atoms with Gasteiger partial charge in [-0.1, -0.05) is 6.07 Å². The number of morpholine rings is 1. The van der Waals surface area contributed by atoms with E-state index in [4.69, 9.17) is 29.3 Å². The number of ether oxygens (including phenoxy) is 2. The van der Waals surface area contributed by atoms with Crippen molar-refractivity contribution in [3.8, 4) is 5.88 Å². The summed E-state index contributed by atoms with van der Waals surface area (Å²) in [6.07, 6.45) is -5.87. The first-order valence-corrected chi connectivity index (χ1v) is 12.0. The van der Waals surface area contributed by atoms with E-state index in [-0.39, 0.29) is 0 Å². The fourth-order valence-corrected chi connectivity index (χ4v) is 4.39. The molecule has 2 N–H and O–H groups in total. The summed E-state index contributed by atoms with van der Waals surface area (Å²) in [5, 5.41) is 17.6. The van der Waals surface area contributed by atoms with Crippen LogP contribution < -0.4 is 4.74 Å². The summed E-state index contributed by atoms with van der Waals surface area (Å²) in [5.74, 6) is -4.28. The minimum Gasteiger partial charge on any atom is -0.477 e. The number of carboxylic acid groups (broad SMARTS) is 2. The number of nitrogens with zero attached hydrogens (tertiary/aromatic N) is 3. The van der Waals surface area contributed by atoms with Crippen LogP contribution in [0.2, 0.25) is 0 Å². The van der Waals surface area contributed by atoms with E-state index in [0.29, 0.717) is 23.9 Å². The number of aliphatic carboxylic acids is 2. The zero-order valence-corrected chi connectivity index (χ0v) is 20.7.